The highest BCUT2D eigenvalue weighted by Gasteiger charge is 2.08. The summed E-state index contributed by atoms with van der Waals surface area (Å²) in [6, 6.07) is 11.2. The van der Waals surface area contributed by atoms with Gasteiger partial charge in [-0.2, -0.15) is 0 Å². The Morgan fingerprint density at radius 3 is 2.46 bits per heavy atom. The number of ether oxygens (including phenoxy) is 2. The van der Waals surface area contributed by atoms with E-state index in [1.165, 1.54) is 0 Å². The van der Waals surface area contributed by atoms with Crippen molar-refractivity contribution in [2.45, 2.75) is 20.1 Å². The van der Waals surface area contributed by atoms with E-state index in [0.29, 0.717) is 47.8 Å². The highest BCUT2D eigenvalue weighted by atomic mass is 35.5. The Morgan fingerprint density at radius 1 is 0.958 bits per heavy atom. The van der Waals surface area contributed by atoms with E-state index in [4.69, 9.17) is 37.8 Å². The molecular weight excluding hydrogens is 349 g/mol. The van der Waals surface area contributed by atoms with Gasteiger partial charge in [-0.05, 0) is 42.3 Å². The summed E-state index contributed by atoms with van der Waals surface area (Å²) in [4.78, 5) is 0. The zero-order valence-corrected chi connectivity index (χ0v) is 15.0. The minimum Gasteiger partial charge on any atom is -0.490 e. The van der Waals surface area contributed by atoms with Gasteiger partial charge in [-0.1, -0.05) is 35.3 Å². The Kier molecular flexibility index (Phi) is 7.66. The molecule has 4 nitrogen and oxygen atoms in total. The predicted octanol–water partition coefficient (Wildman–Crippen LogP) is 4.05. The Morgan fingerprint density at radius 2 is 1.75 bits per heavy atom. The maximum atomic E-state index is 8.82. The number of hydrogen-bond donors (Lipinski definition) is 2. The molecule has 0 atom stereocenters. The summed E-state index contributed by atoms with van der Waals surface area (Å²) >= 11 is 11.9. The fourth-order valence-electron chi connectivity index (χ4n) is 2.15. The molecule has 0 bridgehead atoms. The van der Waals surface area contributed by atoms with E-state index < -0.39 is 0 Å². The molecule has 0 spiro atoms. The van der Waals surface area contributed by atoms with Crippen LogP contribution in [0.1, 0.15) is 18.1 Å². The summed E-state index contributed by atoms with van der Waals surface area (Å²) in [7, 11) is 0. The maximum Gasteiger partial charge on any atom is 0.161 e. The fourth-order valence-corrected chi connectivity index (χ4v) is 2.47. The third kappa shape index (κ3) is 5.56. The highest BCUT2D eigenvalue weighted by molar-refractivity contribution is 6.42. The molecule has 2 aromatic rings. The van der Waals surface area contributed by atoms with Gasteiger partial charge >= 0.3 is 0 Å². The number of aliphatic hydroxyl groups is 1. The van der Waals surface area contributed by atoms with Gasteiger partial charge in [0.25, 0.3) is 0 Å². The van der Waals surface area contributed by atoms with Crippen LogP contribution in [0.25, 0.3) is 0 Å². The van der Waals surface area contributed by atoms with Crippen molar-refractivity contribution in [3.63, 3.8) is 0 Å². The molecular formula is C18H21Cl2NO3. The van der Waals surface area contributed by atoms with Crippen molar-refractivity contribution in [1.82, 2.24) is 5.32 Å². The zero-order chi connectivity index (χ0) is 17.4. The molecule has 6 heteroatoms. The minimum atomic E-state index is 0.114. The van der Waals surface area contributed by atoms with Crippen LogP contribution in [0.4, 0.5) is 0 Å². The molecule has 0 radical (unpaired) electrons. The normalized spacial score (nSPS) is 10.7. The molecule has 0 unspecified atom stereocenters. The third-order valence-corrected chi connectivity index (χ3v) is 4.04. The van der Waals surface area contributed by atoms with E-state index in [9.17, 15) is 0 Å². The fraction of sp³-hybridized carbons (Fsp3) is 0.333. The summed E-state index contributed by atoms with van der Waals surface area (Å²) in [6.45, 7) is 4.19. The molecule has 2 rings (SSSR count). The standard InChI is InChI=1S/C18H21Cl2NO3/c1-2-23-18-10-13(11-21-7-8-22)4-6-17(18)24-12-14-3-5-15(19)16(20)9-14/h3-6,9-10,21-22H,2,7-8,11-12H2,1H3. The smallest absolute Gasteiger partial charge is 0.161 e. The molecule has 0 aliphatic rings. The average Bonchev–Trinajstić information content (AvgIpc) is 2.58. The topological polar surface area (TPSA) is 50.7 Å². The first-order valence-corrected chi connectivity index (χ1v) is 8.53. The zero-order valence-electron chi connectivity index (χ0n) is 13.5. The second-order valence-corrected chi connectivity index (χ2v) is 5.97. The molecule has 0 aliphatic carbocycles. The summed E-state index contributed by atoms with van der Waals surface area (Å²) < 4.78 is 11.5. The summed E-state index contributed by atoms with van der Waals surface area (Å²) in [5.74, 6) is 1.37. The van der Waals surface area contributed by atoms with Crippen LogP contribution >= 0.6 is 23.2 Å². The van der Waals surface area contributed by atoms with E-state index in [1.807, 2.05) is 31.2 Å². The SMILES string of the molecule is CCOc1cc(CNCCO)ccc1OCc1ccc(Cl)c(Cl)c1. The molecule has 0 saturated carbocycles. The lowest BCUT2D eigenvalue weighted by atomic mass is 10.2. The van der Waals surface area contributed by atoms with Crippen LogP contribution in [0.15, 0.2) is 36.4 Å². The highest BCUT2D eigenvalue weighted by Crippen LogP contribution is 2.30. The summed E-state index contributed by atoms with van der Waals surface area (Å²) in [5.41, 5.74) is 1.99. The van der Waals surface area contributed by atoms with Crippen molar-refractivity contribution < 1.29 is 14.6 Å². The molecule has 0 aromatic heterocycles. The first-order chi connectivity index (χ1) is 11.6. The van der Waals surface area contributed by atoms with E-state index >= 15 is 0 Å². The molecule has 130 valence electrons. The Balaban J connectivity index is 2.06. The van der Waals surface area contributed by atoms with Gasteiger partial charge in [-0.15, -0.1) is 0 Å². The second-order valence-electron chi connectivity index (χ2n) is 5.15. The maximum absolute atomic E-state index is 8.82. The molecule has 0 saturated heterocycles. The first kappa shape index (κ1) is 18.9. The van der Waals surface area contributed by atoms with Gasteiger partial charge in [0.05, 0.1) is 23.3 Å². The molecule has 0 heterocycles. The number of rotatable bonds is 9. The van der Waals surface area contributed by atoms with Crippen molar-refractivity contribution in [3.8, 4) is 11.5 Å². The number of halogens is 2. The van der Waals surface area contributed by atoms with Crippen LogP contribution in [0.3, 0.4) is 0 Å². The molecule has 0 fully saturated rings. The van der Waals surface area contributed by atoms with Crippen molar-refractivity contribution in [1.29, 1.82) is 0 Å². The second kappa shape index (κ2) is 9.74. The van der Waals surface area contributed by atoms with Gasteiger partial charge in [-0.25, -0.2) is 0 Å². The van der Waals surface area contributed by atoms with Crippen molar-refractivity contribution in [2.75, 3.05) is 19.8 Å². The largest absolute Gasteiger partial charge is 0.490 e. The van der Waals surface area contributed by atoms with Crippen LogP contribution in [0, 0.1) is 0 Å². The molecule has 2 N–H and O–H groups in total. The Bertz CT molecular complexity index is 665. The monoisotopic (exact) mass is 369 g/mol. The van der Waals surface area contributed by atoms with Crippen LogP contribution < -0.4 is 14.8 Å². The van der Waals surface area contributed by atoms with Crippen molar-refractivity contribution >= 4 is 23.2 Å². The van der Waals surface area contributed by atoms with E-state index in [-0.39, 0.29) is 6.61 Å². The first-order valence-electron chi connectivity index (χ1n) is 7.78. The number of aliphatic hydroxyl groups excluding tert-OH is 1. The summed E-state index contributed by atoms with van der Waals surface area (Å²) in [6.07, 6.45) is 0. The van der Waals surface area contributed by atoms with Gasteiger partial charge in [0.1, 0.15) is 6.61 Å². The quantitative estimate of drug-likeness (QED) is 0.654. The molecule has 0 aliphatic heterocycles. The summed E-state index contributed by atoms with van der Waals surface area (Å²) in [5, 5.41) is 13.0. The number of hydrogen-bond acceptors (Lipinski definition) is 4. The van der Waals surface area contributed by atoms with Crippen LogP contribution in [0.2, 0.25) is 10.0 Å². The molecule has 0 amide bonds. The number of nitrogens with one attached hydrogen (secondary N) is 1. The van der Waals surface area contributed by atoms with Gasteiger partial charge in [0, 0.05) is 13.1 Å². The Labute approximate surface area is 152 Å². The van der Waals surface area contributed by atoms with E-state index in [2.05, 4.69) is 5.32 Å². The van der Waals surface area contributed by atoms with E-state index in [1.54, 1.807) is 12.1 Å². The lowest BCUT2D eigenvalue weighted by Crippen LogP contribution is -2.17. The van der Waals surface area contributed by atoms with Crippen molar-refractivity contribution in [3.05, 3.63) is 57.6 Å². The Hall–Kier alpha value is -1.46. The average molecular weight is 370 g/mol. The van der Waals surface area contributed by atoms with Gasteiger partial charge in [0.2, 0.25) is 0 Å². The molecule has 24 heavy (non-hydrogen) atoms. The lowest BCUT2D eigenvalue weighted by molar-refractivity contribution is 0.269. The predicted molar refractivity (Wildman–Crippen MR) is 97.2 cm³/mol. The third-order valence-electron chi connectivity index (χ3n) is 3.30. The number of benzene rings is 2. The van der Waals surface area contributed by atoms with Crippen LogP contribution in [0.5, 0.6) is 11.5 Å². The minimum absolute atomic E-state index is 0.114. The molecule has 2 aromatic carbocycles. The van der Waals surface area contributed by atoms with Gasteiger partial charge in [-0.3, -0.25) is 0 Å². The van der Waals surface area contributed by atoms with Crippen LogP contribution in [-0.2, 0) is 13.2 Å². The van der Waals surface area contributed by atoms with Crippen molar-refractivity contribution in [2.24, 2.45) is 0 Å². The lowest BCUT2D eigenvalue weighted by Gasteiger charge is -2.14. The van der Waals surface area contributed by atoms with E-state index in [0.717, 1.165) is 11.1 Å². The van der Waals surface area contributed by atoms with Crippen LogP contribution in [-0.4, -0.2) is 24.9 Å². The van der Waals surface area contributed by atoms with Gasteiger partial charge < -0.3 is 19.9 Å². The van der Waals surface area contributed by atoms with Gasteiger partial charge in [0.15, 0.2) is 11.5 Å².